The zero-order chi connectivity index (χ0) is 23.0. The number of carbonyl (C=O) groups excluding carboxylic acids is 1. The molecule has 32 heavy (non-hydrogen) atoms. The van der Waals surface area contributed by atoms with Gasteiger partial charge in [-0.3, -0.25) is 18.6 Å². The fraction of sp³-hybridized carbons (Fsp3) is 0.143. The number of nitrogens with zero attached hydrogens (tertiary/aromatic N) is 4. The van der Waals surface area contributed by atoms with Crippen molar-refractivity contribution in [2.24, 2.45) is 0 Å². The summed E-state index contributed by atoms with van der Waals surface area (Å²) in [6.07, 6.45) is -1.57. The normalized spacial score (nSPS) is 11.8. The summed E-state index contributed by atoms with van der Waals surface area (Å²) in [7, 11) is 0. The van der Waals surface area contributed by atoms with Crippen LogP contribution >= 0.6 is 23.4 Å². The molecule has 0 N–H and O–H groups in total. The minimum Gasteiger partial charge on any atom is -0.293 e. The van der Waals surface area contributed by atoms with Gasteiger partial charge in [0.15, 0.2) is 10.9 Å². The molecule has 0 radical (unpaired) electrons. The summed E-state index contributed by atoms with van der Waals surface area (Å²) in [5.41, 5.74) is -0.551. The Hall–Kier alpha value is -3.11. The van der Waals surface area contributed by atoms with Gasteiger partial charge < -0.3 is 0 Å². The molecule has 0 fully saturated rings. The highest BCUT2D eigenvalue weighted by Gasteiger charge is 2.34. The standard InChI is InChI=1S/C21H14ClF3N4O2S/c1-12-15(22)7-4-8-16(12)28-9-10-29-18(19(28)31)26-27-20(29)32-11-17(30)13-5-2-3-6-14(13)21(23,24)25/h2-10H,11H2,1H3. The predicted octanol–water partition coefficient (Wildman–Crippen LogP) is 4.84. The van der Waals surface area contributed by atoms with Crippen molar-refractivity contribution in [2.75, 3.05) is 5.75 Å². The van der Waals surface area contributed by atoms with Crippen LogP contribution < -0.4 is 5.56 Å². The Morgan fingerprint density at radius 3 is 2.59 bits per heavy atom. The number of aromatic nitrogens is 4. The van der Waals surface area contributed by atoms with Crippen LogP contribution in [0.1, 0.15) is 21.5 Å². The van der Waals surface area contributed by atoms with Crippen molar-refractivity contribution in [3.63, 3.8) is 0 Å². The summed E-state index contributed by atoms with van der Waals surface area (Å²) in [5, 5.41) is 8.55. The number of fused-ring (bicyclic) bond motifs is 1. The quantitative estimate of drug-likeness (QED) is 0.303. The van der Waals surface area contributed by atoms with Crippen LogP contribution in [0.15, 0.2) is 64.8 Å². The monoisotopic (exact) mass is 478 g/mol. The highest BCUT2D eigenvalue weighted by atomic mass is 35.5. The predicted molar refractivity (Wildman–Crippen MR) is 115 cm³/mol. The summed E-state index contributed by atoms with van der Waals surface area (Å²) in [6.45, 7) is 1.78. The number of halogens is 4. The number of Topliss-reactive ketones (excluding diaryl/α,β-unsaturated/α-hetero) is 1. The lowest BCUT2D eigenvalue weighted by Gasteiger charge is -2.11. The van der Waals surface area contributed by atoms with E-state index in [1.807, 2.05) is 0 Å². The maximum Gasteiger partial charge on any atom is 0.417 e. The molecule has 0 saturated heterocycles. The van der Waals surface area contributed by atoms with Crippen molar-refractivity contribution in [1.82, 2.24) is 19.2 Å². The first kappa shape index (κ1) is 22.1. The Morgan fingerprint density at radius 2 is 1.84 bits per heavy atom. The number of benzene rings is 2. The van der Waals surface area contributed by atoms with Gasteiger partial charge >= 0.3 is 11.7 Å². The Morgan fingerprint density at radius 1 is 1.09 bits per heavy atom. The van der Waals surface area contributed by atoms with Crippen LogP contribution in [0.4, 0.5) is 13.2 Å². The third-order valence-electron chi connectivity index (χ3n) is 4.80. The highest BCUT2D eigenvalue weighted by Crippen LogP contribution is 2.32. The molecule has 0 bridgehead atoms. The van der Waals surface area contributed by atoms with Crippen molar-refractivity contribution in [1.29, 1.82) is 0 Å². The number of rotatable bonds is 5. The number of alkyl halides is 3. The second kappa shape index (κ2) is 8.44. The van der Waals surface area contributed by atoms with E-state index in [-0.39, 0.29) is 16.6 Å². The first-order valence-corrected chi connectivity index (χ1v) is 10.6. The van der Waals surface area contributed by atoms with E-state index in [1.54, 1.807) is 31.3 Å². The molecule has 2 aromatic carbocycles. The fourth-order valence-corrected chi connectivity index (χ4v) is 4.16. The number of hydrogen-bond donors (Lipinski definition) is 0. The van der Waals surface area contributed by atoms with Crippen LogP contribution in [-0.4, -0.2) is 30.7 Å². The molecule has 0 aliphatic rings. The number of carbonyl (C=O) groups is 1. The van der Waals surface area contributed by atoms with Gasteiger partial charge in [0.2, 0.25) is 5.65 Å². The molecular weight excluding hydrogens is 465 g/mol. The SMILES string of the molecule is Cc1c(Cl)cccc1-n1ccn2c(SCC(=O)c3ccccc3C(F)(F)F)nnc2c1=O. The molecule has 164 valence electrons. The summed E-state index contributed by atoms with van der Waals surface area (Å²) < 4.78 is 42.3. The molecule has 2 aromatic heterocycles. The average Bonchev–Trinajstić information content (AvgIpc) is 3.18. The van der Waals surface area contributed by atoms with Crippen molar-refractivity contribution in [2.45, 2.75) is 18.3 Å². The van der Waals surface area contributed by atoms with Crippen LogP contribution in [0.5, 0.6) is 0 Å². The lowest BCUT2D eigenvalue weighted by molar-refractivity contribution is -0.137. The number of hydrogen-bond acceptors (Lipinski definition) is 5. The second-order valence-corrected chi connectivity index (χ2v) is 8.14. The molecule has 0 amide bonds. The molecule has 4 rings (SSSR count). The summed E-state index contributed by atoms with van der Waals surface area (Å²) in [4.78, 5) is 25.4. The number of thioether (sulfide) groups is 1. The third-order valence-corrected chi connectivity index (χ3v) is 6.16. The van der Waals surface area contributed by atoms with E-state index < -0.39 is 28.6 Å². The van der Waals surface area contributed by atoms with Crippen molar-refractivity contribution < 1.29 is 18.0 Å². The maximum atomic E-state index is 13.2. The summed E-state index contributed by atoms with van der Waals surface area (Å²) >= 11 is 7.04. The third kappa shape index (κ3) is 4.03. The van der Waals surface area contributed by atoms with Gasteiger partial charge in [0, 0.05) is 23.0 Å². The maximum absolute atomic E-state index is 13.2. The Labute approximate surface area is 188 Å². The molecular formula is C21H14ClF3N4O2S. The smallest absolute Gasteiger partial charge is 0.293 e. The van der Waals surface area contributed by atoms with E-state index in [0.29, 0.717) is 16.3 Å². The van der Waals surface area contributed by atoms with Crippen LogP contribution in [0.3, 0.4) is 0 Å². The van der Waals surface area contributed by atoms with Crippen LogP contribution in [-0.2, 0) is 6.18 Å². The van der Waals surface area contributed by atoms with E-state index in [2.05, 4.69) is 10.2 Å². The zero-order valence-corrected chi connectivity index (χ0v) is 18.0. The van der Waals surface area contributed by atoms with Gasteiger partial charge in [0.25, 0.3) is 0 Å². The lowest BCUT2D eigenvalue weighted by atomic mass is 10.0. The van der Waals surface area contributed by atoms with Crippen LogP contribution in [0.2, 0.25) is 5.02 Å². The first-order chi connectivity index (χ1) is 15.2. The van der Waals surface area contributed by atoms with Crippen molar-refractivity contribution in [3.05, 3.63) is 86.9 Å². The molecule has 0 aliphatic carbocycles. The van der Waals surface area contributed by atoms with E-state index in [0.717, 1.165) is 23.9 Å². The summed E-state index contributed by atoms with van der Waals surface area (Å²) in [6, 6.07) is 9.78. The molecule has 0 aliphatic heterocycles. The Balaban J connectivity index is 1.63. The van der Waals surface area contributed by atoms with Crippen molar-refractivity contribution in [3.8, 4) is 5.69 Å². The molecule has 6 nitrogen and oxygen atoms in total. The largest absolute Gasteiger partial charge is 0.417 e. The summed E-state index contributed by atoms with van der Waals surface area (Å²) in [5.74, 6) is -1.01. The van der Waals surface area contributed by atoms with Crippen LogP contribution in [0.25, 0.3) is 11.3 Å². The second-order valence-electron chi connectivity index (χ2n) is 6.79. The molecule has 0 atom stereocenters. The Bertz CT molecular complexity index is 1400. The molecule has 0 saturated carbocycles. The lowest BCUT2D eigenvalue weighted by Crippen LogP contribution is -2.21. The molecule has 0 unspecified atom stereocenters. The van der Waals surface area contributed by atoms with Gasteiger partial charge in [-0.05, 0) is 30.7 Å². The van der Waals surface area contributed by atoms with Gasteiger partial charge in [-0.1, -0.05) is 47.6 Å². The van der Waals surface area contributed by atoms with Gasteiger partial charge in [-0.2, -0.15) is 13.2 Å². The average molecular weight is 479 g/mol. The van der Waals surface area contributed by atoms with Gasteiger partial charge in [0.1, 0.15) is 0 Å². The minimum absolute atomic E-state index is 0.0116. The first-order valence-electron chi connectivity index (χ1n) is 9.22. The van der Waals surface area contributed by atoms with E-state index in [4.69, 9.17) is 11.6 Å². The Kier molecular flexibility index (Phi) is 5.83. The molecule has 2 heterocycles. The van der Waals surface area contributed by atoms with E-state index in [9.17, 15) is 22.8 Å². The molecule has 11 heteroatoms. The zero-order valence-electron chi connectivity index (χ0n) is 16.4. The van der Waals surface area contributed by atoms with Crippen LogP contribution in [0, 0.1) is 6.92 Å². The number of ketones is 1. The minimum atomic E-state index is -4.64. The van der Waals surface area contributed by atoms with Gasteiger partial charge in [-0.15, -0.1) is 10.2 Å². The molecule has 4 aromatic rings. The fourth-order valence-electron chi connectivity index (χ4n) is 3.19. The highest BCUT2D eigenvalue weighted by molar-refractivity contribution is 7.99. The molecule has 0 spiro atoms. The van der Waals surface area contributed by atoms with Crippen molar-refractivity contribution >= 4 is 34.8 Å². The topological polar surface area (TPSA) is 69.3 Å². The van der Waals surface area contributed by atoms with E-state index >= 15 is 0 Å². The van der Waals surface area contributed by atoms with Gasteiger partial charge in [-0.25, -0.2) is 0 Å². The van der Waals surface area contributed by atoms with Gasteiger partial charge in [0.05, 0.1) is 17.0 Å². The van der Waals surface area contributed by atoms with E-state index in [1.165, 1.54) is 27.3 Å².